The zero-order valence-electron chi connectivity index (χ0n) is 18.6. The first-order chi connectivity index (χ1) is 15.6. The lowest BCUT2D eigenvalue weighted by Gasteiger charge is -2.41. The van der Waals surface area contributed by atoms with E-state index in [1.807, 2.05) is 25.7 Å². The SMILES string of the molecule is CC(C)(C)OC(=O)N1CCN(c2nc(Cl)nc3c(OC4CC4)c(Br)c(Cl)cc23)C[C@@H]1CC#N. The number of amides is 1. The monoisotopic (exact) mass is 555 g/mol. The Hall–Kier alpha value is -2.02. The van der Waals surface area contributed by atoms with Crippen molar-refractivity contribution in [1.82, 2.24) is 14.9 Å². The van der Waals surface area contributed by atoms with E-state index < -0.39 is 11.7 Å². The zero-order chi connectivity index (χ0) is 23.9. The van der Waals surface area contributed by atoms with Crippen LogP contribution >= 0.6 is 39.1 Å². The number of rotatable bonds is 4. The number of hydrogen-bond donors (Lipinski definition) is 0. The number of nitrogens with zero attached hydrogens (tertiary/aromatic N) is 5. The first kappa shape index (κ1) is 24.1. The van der Waals surface area contributed by atoms with Gasteiger partial charge in [-0.3, -0.25) is 0 Å². The highest BCUT2D eigenvalue weighted by molar-refractivity contribution is 9.10. The fourth-order valence-corrected chi connectivity index (χ4v) is 4.48. The summed E-state index contributed by atoms with van der Waals surface area (Å²) in [4.78, 5) is 25.3. The Morgan fingerprint density at radius 3 is 2.67 bits per heavy atom. The Morgan fingerprint density at radius 2 is 2.03 bits per heavy atom. The van der Waals surface area contributed by atoms with Gasteiger partial charge in [-0.15, -0.1) is 0 Å². The van der Waals surface area contributed by atoms with Gasteiger partial charge in [-0.25, -0.2) is 9.78 Å². The lowest BCUT2D eigenvalue weighted by Crippen LogP contribution is -2.56. The van der Waals surface area contributed by atoms with E-state index in [1.54, 1.807) is 11.0 Å². The molecule has 0 bridgehead atoms. The quantitative estimate of drug-likeness (QED) is 0.454. The van der Waals surface area contributed by atoms with Crippen LogP contribution in [-0.2, 0) is 4.74 Å². The number of piperazine rings is 1. The second-order valence-electron chi connectivity index (χ2n) is 9.17. The van der Waals surface area contributed by atoms with E-state index in [0.29, 0.717) is 51.6 Å². The number of fused-ring (bicyclic) bond motifs is 1. The third-order valence-electron chi connectivity index (χ3n) is 5.34. The number of carbonyl (C=O) groups is 1. The molecule has 0 radical (unpaired) electrons. The molecule has 4 rings (SSSR count). The highest BCUT2D eigenvalue weighted by Crippen LogP contribution is 2.44. The van der Waals surface area contributed by atoms with E-state index in [4.69, 9.17) is 32.7 Å². The Labute approximate surface area is 210 Å². The number of nitriles is 1. The van der Waals surface area contributed by atoms with Crippen LogP contribution in [0.3, 0.4) is 0 Å². The third-order valence-corrected chi connectivity index (χ3v) is 6.82. The van der Waals surface area contributed by atoms with Gasteiger partial charge < -0.3 is 19.3 Å². The molecule has 1 aromatic carbocycles. The van der Waals surface area contributed by atoms with Crippen molar-refractivity contribution in [2.45, 2.75) is 57.8 Å². The molecule has 2 aliphatic rings. The van der Waals surface area contributed by atoms with Crippen molar-refractivity contribution in [3.8, 4) is 11.8 Å². The Morgan fingerprint density at radius 1 is 1.30 bits per heavy atom. The topological polar surface area (TPSA) is 91.6 Å². The first-order valence-corrected chi connectivity index (χ1v) is 12.3. The minimum Gasteiger partial charge on any atom is -0.487 e. The normalized spacial score (nSPS) is 18.9. The molecule has 176 valence electrons. The molecule has 11 heteroatoms. The van der Waals surface area contributed by atoms with E-state index in [1.165, 1.54) is 0 Å². The summed E-state index contributed by atoms with van der Waals surface area (Å²) in [5.74, 6) is 1.14. The standard InChI is InChI=1S/C22H24BrCl2N5O3/c1-22(2,3)33-21(31)30-9-8-29(11-12(30)6-7-26)19-14-10-15(24)16(23)18(32-13-4-5-13)17(14)27-20(25)28-19/h10,12-13H,4-6,8-9,11H2,1-3H3/t12-/m0/s1. The van der Waals surface area contributed by atoms with Crippen LogP contribution in [0.15, 0.2) is 10.5 Å². The van der Waals surface area contributed by atoms with E-state index in [-0.39, 0.29) is 23.9 Å². The van der Waals surface area contributed by atoms with E-state index in [0.717, 1.165) is 12.8 Å². The number of benzene rings is 1. The number of aromatic nitrogens is 2. The van der Waals surface area contributed by atoms with Crippen LogP contribution in [0.2, 0.25) is 10.3 Å². The second-order valence-corrected chi connectivity index (χ2v) is 10.7. The first-order valence-electron chi connectivity index (χ1n) is 10.7. The molecule has 1 amide bonds. The fraction of sp³-hybridized carbons (Fsp3) is 0.545. The van der Waals surface area contributed by atoms with Gasteiger partial charge in [-0.2, -0.15) is 10.2 Å². The Kier molecular flexibility index (Phi) is 6.81. The van der Waals surface area contributed by atoms with Crippen molar-refractivity contribution in [3.05, 3.63) is 20.8 Å². The lowest BCUT2D eigenvalue weighted by atomic mass is 10.1. The van der Waals surface area contributed by atoms with Crippen LogP contribution in [0.25, 0.3) is 10.9 Å². The molecule has 0 unspecified atom stereocenters. The largest absolute Gasteiger partial charge is 0.487 e. The highest BCUT2D eigenvalue weighted by atomic mass is 79.9. The molecule has 0 N–H and O–H groups in total. The molecule has 8 nitrogen and oxygen atoms in total. The molecule has 1 aliphatic carbocycles. The van der Waals surface area contributed by atoms with Crippen molar-refractivity contribution >= 4 is 61.9 Å². The van der Waals surface area contributed by atoms with E-state index in [9.17, 15) is 10.1 Å². The van der Waals surface area contributed by atoms with Gasteiger partial charge in [0, 0.05) is 25.0 Å². The Balaban J connectivity index is 1.69. The van der Waals surface area contributed by atoms with Gasteiger partial charge in [0.15, 0.2) is 5.75 Å². The van der Waals surface area contributed by atoms with Crippen LogP contribution < -0.4 is 9.64 Å². The van der Waals surface area contributed by atoms with E-state index in [2.05, 4.69) is 32.0 Å². The summed E-state index contributed by atoms with van der Waals surface area (Å²) in [6, 6.07) is 3.60. The fourth-order valence-electron chi connectivity index (χ4n) is 3.73. The van der Waals surface area contributed by atoms with Crippen molar-refractivity contribution in [1.29, 1.82) is 5.26 Å². The van der Waals surface area contributed by atoms with Crippen molar-refractivity contribution in [2.24, 2.45) is 0 Å². The smallest absolute Gasteiger partial charge is 0.410 e. The highest BCUT2D eigenvalue weighted by Gasteiger charge is 2.35. The molecule has 1 atom stereocenters. The van der Waals surface area contributed by atoms with Crippen LogP contribution in [0.4, 0.5) is 10.6 Å². The maximum atomic E-state index is 12.7. The number of anilines is 1. The molecule has 33 heavy (non-hydrogen) atoms. The second kappa shape index (κ2) is 9.32. The summed E-state index contributed by atoms with van der Waals surface area (Å²) in [6.07, 6.45) is 1.83. The average Bonchev–Trinajstić information content (AvgIpc) is 3.54. The van der Waals surface area contributed by atoms with Crippen LogP contribution in [0.1, 0.15) is 40.0 Å². The van der Waals surface area contributed by atoms with E-state index >= 15 is 0 Å². The zero-order valence-corrected chi connectivity index (χ0v) is 21.7. The lowest BCUT2D eigenvalue weighted by molar-refractivity contribution is 0.0145. The van der Waals surface area contributed by atoms with Gasteiger partial charge in [0.1, 0.15) is 16.9 Å². The summed E-state index contributed by atoms with van der Waals surface area (Å²) in [5, 5.41) is 10.6. The third kappa shape index (κ3) is 5.39. The van der Waals surface area contributed by atoms with Gasteiger partial charge in [0.05, 0.1) is 34.1 Å². The summed E-state index contributed by atoms with van der Waals surface area (Å²) >= 11 is 16.3. The van der Waals surface area contributed by atoms with Gasteiger partial charge in [0.2, 0.25) is 5.28 Å². The van der Waals surface area contributed by atoms with Gasteiger partial charge >= 0.3 is 6.09 Å². The van der Waals surface area contributed by atoms with Crippen LogP contribution in [0, 0.1) is 11.3 Å². The van der Waals surface area contributed by atoms with Gasteiger partial charge in [0.25, 0.3) is 0 Å². The van der Waals surface area contributed by atoms with Crippen molar-refractivity contribution in [3.63, 3.8) is 0 Å². The summed E-state index contributed by atoms with van der Waals surface area (Å²) in [6.45, 7) is 6.70. The minimum atomic E-state index is -0.621. The molecule has 1 saturated carbocycles. The summed E-state index contributed by atoms with van der Waals surface area (Å²) in [5.41, 5.74) is -0.0521. The van der Waals surface area contributed by atoms with Gasteiger partial charge in [-0.05, 0) is 67.2 Å². The number of carbonyl (C=O) groups excluding carboxylic acids is 1. The minimum absolute atomic E-state index is 0.0822. The predicted octanol–water partition coefficient (Wildman–Crippen LogP) is 5.58. The molecule has 1 aliphatic heterocycles. The van der Waals surface area contributed by atoms with Crippen molar-refractivity contribution in [2.75, 3.05) is 24.5 Å². The molecule has 2 fully saturated rings. The molecular weight excluding hydrogens is 533 g/mol. The molecule has 0 spiro atoms. The maximum absolute atomic E-state index is 12.7. The molecule has 1 saturated heterocycles. The molecule has 1 aromatic heterocycles. The molecular formula is C22H24BrCl2N5O3. The summed E-state index contributed by atoms with van der Waals surface area (Å²) in [7, 11) is 0. The predicted molar refractivity (Wildman–Crippen MR) is 130 cm³/mol. The summed E-state index contributed by atoms with van der Waals surface area (Å²) < 4.78 is 12.3. The molecule has 2 heterocycles. The van der Waals surface area contributed by atoms with Crippen LogP contribution in [-0.4, -0.2) is 58.3 Å². The van der Waals surface area contributed by atoms with Crippen LogP contribution in [0.5, 0.6) is 5.75 Å². The number of ether oxygens (including phenoxy) is 2. The number of hydrogen-bond acceptors (Lipinski definition) is 7. The average molecular weight is 557 g/mol. The maximum Gasteiger partial charge on any atom is 0.410 e. The van der Waals surface area contributed by atoms with Crippen molar-refractivity contribution < 1.29 is 14.3 Å². The Bertz CT molecular complexity index is 1130. The number of halogens is 3. The molecule has 2 aromatic rings. The van der Waals surface area contributed by atoms with Gasteiger partial charge in [-0.1, -0.05) is 11.6 Å².